The molecule has 2 aromatic carbocycles. The lowest BCUT2D eigenvalue weighted by atomic mass is 9.77. The number of benzene rings is 2. The fourth-order valence-electron chi connectivity index (χ4n) is 4.33. The minimum Gasteiger partial charge on any atom is -0.382 e. The molecule has 2 heterocycles. The smallest absolute Gasteiger partial charge is 0.268 e. The summed E-state index contributed by atoms with van der Waals surface area (Å²) in [5, 5.41) is 14.7. The molecule has 2 aliphatic rings. The van der Waals surface area contributed by atoms with E-state index in [-0.39, 0.29) is 17.2 Å². The van der Waals surface area contributed by atoms with Gasteiger partial charge in [0.15, 0.2) is 0 Å². The summed E-state index contributed by atoms with van der Waals surface area (Å²) in [5.41, 5.74) is 1.63. The Kier molecular flexibility index (Phi) is 3.19. The maximum absolute atomic E-state index is 13.2. The van der Waals surface area contributed by atoms with Gasteiger partial charge in [-0.15, -0.1) is 0 Å². The molecule has 6 nitrogen and oxygen atoms in total. The third-order valence-corrected chi connectivity index (χ3v) is 7.37. The van der Waals surface area contributed by atoms with Crippen molar-refractivity contribution in [1.82, 2.24) is 9.29 Å². The molecular formula is C20H18N2O4S. The largest absolute Gasteiger partial charge is 0.382 e. The molecule has 3 aromatic rings. The highest BCUT2D eigenvalue weighted by atomic mass is 32.2. The number of aryl methyl sites for hydroxylation is 1. The summed E-state index contributed by atoms with van der Waals surface area (Å²) in [5.74, 6) is -0.190. The molecule has 27 heavy (non-hydrogen) atoms. The van der Waals surface area contributed by atoms with E-state index in [0.29, 0.717) is 17.5 Å². The summed E-state index contributed by atoms with van der Waals surface area (Å²) in [6.45, 7) is 1.90. The first-order valence-electron chi connectivity index (χ1n) is 8.78. The third-order valence-electron chi connectivity index (χ3n) is 5.68. The molecule has 138 valence electrons. The molecule has 1 amide bonds. The fourth-order valence-corrected chi connectivity index (χ4v) is 5.71. The standard InChI is InChI=1S/C20H18N2O4S/c1-12-5-7-14(8-6-12)27(25,26)22-11-13-9-17-20(24,10-18(23)21-17)15-3-2-4-16(22)19(13)15/h2-8,11,17,24H,9-10H2,1H3,(H,21,23)/t17-,20-/m1/s1. The number of carbonyl (C=O) groups excluding carboxylic acids is 1. The second-order valence-electron chi connectivity index (χ2n) is 7.39. The molecule has 2 N–H and O–H groups in total. The van der Waals surface area contributed by atoms with Crippen molar-refractivity contribution < 1.29 is 18.3 Å². The molecule has 1 fully saturated rings. The Morgan fingerprint density at radius 2 is 1.93 bits per heavy atom. The molecule has 2 atom stereocenters. The number of nitrogens with zero attached hydrogens (tertiary/aromatic N) is 1. The van der Waals surface area contributed by atoms with E-state index < -0.39 is 21.7 Å². The topological polar surface area (TPSA) is 88.4 Å². The summed E-state index contributed by atoms with van der Waals surface area (Å²) in [4.78, 5) is 12.1. The molecule has 0 spiro atoms. The van der Waals surface area contributed by atoms with Crippen LogP contribution in [-0.4, -0.2) is 29.4 Å². The summed E-state index contributed by atoms with van der Waals surface area (Å²) in [7, 11) is -3.77. The molecule has 5 rings (SSSR count). The number of rotatable bonds is 2. The number of hydrogen-bond donors (Lipinski definition) is 2. The molecule has 0 bridgehead atoms. The highest BCUT2D eigenvalue weighted by Gasteiger charge is 2.50. The first-order valence-corrected chi connectivity index (χ1v) is 10.2. The summed E-state index contributed by atoms with van der Waals surface area (Å²) >= 11 is 0. The van der Waals surface area contributed by atoms with Gasteiger partial charge in [-0.1, -0.05) is 29.8 Å². The quantitative estimate of drug-likeness (QED) is 0.708. The Labute approximate surface area is 156 Å². The van der Waals surface area contributed by atoms with Gasteiger partial charge in [0.25, 0.3) is 10.0 Å². The number of hydrogen-bond acceptors (Lipinski definition) is 4. The second-order valence-corrected chi connectivity index (χ2v) is 9.21. The molecule has 0 saturated carbocycles. The minimum absolute atomic E-state index is 0.00783. The molecule has 1 aliphatic carbocycles. The van der Waals surface area contributed by atoms with Gasteiger partial charge in [-0.2, -0.15) is 0 Å². The van der Waals surface area contributed by atoms with E-state index in [2.05, 4.69) is 5.32 Å². The predicted molar refractivity (Wildman–Crippen MR) is 99.8 cm³/mol. The SMILES string of the molecule is Cc1ccc(S(=O)(=O)n2cc3c4c(cccc42)[C@]2(O)CC(=O)N[C@@H]2C3)cc1. The highest BCUT2D eigenvalue weighted by molar-refractivity contribution is 7.90. The van der Waals surface area contributed by atoms with Crippen molar-refractivity contribution in [3.05, 3.63) is 65.4 Å². The zero-order valence-corrected chi connectivity index (χ0v) is 15.5. The lowest BCUT2D eigenvalue weighted by Gasteiger charge is -2.33. The Morgan fingerprint density at radius 3 is 2.67 bits per heavy atom. The van der Waals surface area contributed by atoms with E-state index in [0.717, 1.165) is 16.5 Å². The highest BCUT2D eigenvalue weighted by Crippen LogP contribution is 2.45. The Hall–Kier alpha value is -2.64. The number of aliphatic hydroxyl groups is 1. The van der Waals surface area contributed by atoms with Gasteiger partial charge < -0.3 is 10.4 Å². The third kappa shape index (κ3) is 2.15. The van der Waals surface area contributed by atoms with Crippen LogP contribution in [0.3, 0.4) is 0 Å². The van der Waals surface area contributed by atoms with Crippen molar-refractivity contribution in [2.24, 2.45) is 0 Å². The molecule has 1 saturated heterocycles. The van der Waals surface area contributed by atoms with Crippen LogP contribution in [0.25, 0.3) is 10.9 Å². The van der Waals surface area contributed by atoms with Crippen LogP contribution in [0.4, 0.5) is 0 Å². The molecule has 7 heteroatoms. The maximum atomic E-state index is 13.2. The number of nitrogens with one attached hydrogen (secondary N) is 1. The summed E-state index contributed by atoms with van der Waals surface area (Å²) in [6.07, 6.45) is 2.01. The Balaban J connectivity index is 1.76. The molecule has 1 aliphatic heterocycles. The van der Waals surface area contributed by atoms with Gasteiger partial charge in [-0.05, 0) is 42.7 Å². The van der Waals surface area contributed by atoms with Crippen LogP contribution < -0.4 is 5.32 Å². The average Bonchev–Trinajstić information content (AvgIpc) is 3.14. The number of carbonyl (C=O) groups is 1. The summed E-state index contributed by atoms with van der Waals surface area (Å²) in [6, 6.07) is 11.5. The Bertz CT molecular complexity index is 1210. The van der Waals surface area contributed by atoms with Crippen LogP contribution in [0, 0.1) is 6.92 Å². The minimum atomic E-state index is -3.77. The van der Waals surface area contributed by atoms with Crippen molar-refractivity contribution in [3.63, 3.8) is 0 Å². The molecule has 1 aromatic heterocycles. The fraction of sp³-hybridized carbons (Fsp3) is 0.250. The normalized spacial score (nSPS) is 24.1. The van der Waals surface area contributed by atoms with Crippen molar-refractivity contribution in [2.45, 2.75) is 36.3 Å². The predicted octanol–water partition coefficient (Wildman–Crippen LogP) is 1.82. The van der Waals surface area contributed by atoms with Crippen molar-refractivity contribution in [2.75, 3.05) is 0 Å². The van der Waals surface area contributed by atoms with Crippen LogP contribution in [0.2, 0.25) is 0 Å². The van der Waals surface area contributed by atoms with Gasteiger partial charge in [0, 0.05) is 11.6 Å². The molecular weight excluding hydrogens is 364 g/mol. The van der Waals surface area contributed by atoms with Crippen molar-refractivity contribution >= 4 is 26.8 Å². The van der Waals surface area contributed by atoms with E-state index in [1.807, 2.05) is 6.92 Å². The van der Waals surface area contributed by atoms with Crippen LogP contribution in [-0.2, 0) is 26.8 Å². The lowest BCUT2D eigenvalue weighted by Crippen LogP contribution is -2.44. The van der Waals surface area contributed by atoms with E-state index in [4.69, 9.17) is 0 Å². The first-order chi connectivity index (χ1) is 12.8. The molecule has 0 radical (unpaired) electrons. The molecule has 0 unspecified atom stereocenters. The zero-order valence-electron chi connectivity index (χ0n) is 14.6. The van der Waals surface area contributed by atoms with Crippen LogP contribution in [0.5, 0.6) is 0 Å². The Morgan fingerprint density at radius 1 is 1.19 bits per heavy atom. The van der Waals surface area contributed by atoms with Crippen LogP contribution in [0.1, 0.15) is 23.1 Å². The van der Waals surface area contributed by atoms with Gasteiger partial charge in [-0.25, -0.2) is 12.4 Å². The zero-order chi connectivity index (χ0) is 19.0. The van der Waals surface area contributed by atoms with Gasteiger partial charge in [0.05, 0.1) is 22.9 Å². The van der Waals surface area contributed by atoms with E-state index >= 15 is 0 Å². The maximum Gasteiger partial charge on any atom is 0.268 e. The van der Waals surface area contributed by atoms with Crippen molar-refractivity contribution in [3.8, 4) is 0 Å². The first kappa shape index (κ1) is 16.5. The van der Waals surface area contributed by atoms with E-state index in [9.17, 15) is 18.3 Å². The van der Waals surface area contributed by atoms with Gasteiger partial charge in [-0.3, -0.25) is 4.79 Å². The number of fused-ring (bicyclic) bond motifs is 2. The van der Waals surface area contributed by atoms with Crippen molar-refractivity contribution in [1.29, 1.82) is 0 Å². The van der Waals surface area contributed by atoms with Gasteiger partial charge >= 0.3 is 0 Å². The van der Waals surface area contributed by atoms with Crippen LogP contribution in [0.15, 0.2) is 53.6 Å². The summed E-state index contributed by atoms with van der Waals surface area (Å²) < 4.78 is 27.7. The van der Waals surface area contributed by atoms with Crippen LogP contribution >= 0.6 is 0 Å². The second kappa shape index (κ2) is 5.21. The van der Waals surface area contributed by atoms with Gasteiger partial charge in [0.1, 0.15) is 5.60 Å². The van der Waals surface area contributed by atoms with E-state index in [1.165, 1.54) is 3.97 Å². The average molecular weight is 382 g/mol. The lowest BCUT2D eigenvalue weighted by molar-refractivity contribution is -0.120. The number of amides is 1. The number of aromatic nitrogens is 1. The van der Waals surface area contributed by atoms with Gasteiger partial charge in [0.2, 0.25) is 5.91 Å². The monoisotopic (exact) mass is 382 g/mol. The van der Waals surface area contributed by atoms with E-state index in [1.54, 1.807) is 48.7 Å².